The zero-order valence-electron chi connectivity index (χ0n) is 13.1. The number of hydrogen-bond donors (Lipinski definition) is 2. The summed E-state index contributed by atoms with van der Waals surface area (Å²) < 4.78 is 5.90. The van der Waals surface area contributed by atoms with Crippen molar-refractivity contribution in [2.24, 2.45) is 0 Å². The normalized spacial score (nSPS) is 10.4. The van der Waals surface area contributed by atoms with Crippen molar-refractivity contribution < 1.29 is 4.74 Å². The number of nitrogens with one attached hydrogen (secondary N) is 2. The average molecular weight is 327 g/mol. The van der Waals surface area contributed by atoms with Gasteiger partial charge < -0.3 is 15.0 Å². The summed E-state index contributed by atoms with van der Waals surface area (Å²) in [4.78, 5) is 11.7. The highest BCUT2D eigenvalue weighted by Gasteiger charge is 2.14. The molecule has 4 aromatic rings. The predicted octanol–water partition coefficient (Wildman–Crippen LogP) is 4.37. The van der Waals surface area contributed by atoms with E-state index in [4.69, 9.17) is 4.74 Å². The molecule has 6 nitrogen and oxygen atoms in total. The van der Waals surface area contributed by atoms with Crippen LogP contribution in [0.3, 0.4) is 0 Å². The Morgan fingerprint density at radius 1 is 1.00 bits per heavy atom. The molecule has 2 aromatic carbocycles. The monoisotopic (exact) mass is 327 g/mol. The summed E-state index contributed by atoms with van der Waals surface area (Å²) >= 11 is 0. The van der Waals surface area contributed by atoms with E-state index in [9.17, 15) is 5.26 Å². The molecule has 0 bridgehead atoms. The molecule has 0 spiro atoms. The van der Waals surface area contributed by atoms with Crippen LogP contribution in [-0.2, 0) is 0 Å². The van der Waals surface area contributed by atoms with Crippen molar-refractivity contribution in [3.63, 3.8) is 0 Å². The van der Waals surface area contributed by atoms with Crippen LogP contribution in [0.5, 0.6) is 11.5 Å². The fraction of sp³-hybridized carbons (Fsp3) is 0. The van der Waals surface area contributed by atoms with E-state index in [-0.39, 0.29) is 0 Å². The number of H-pyrrole nitrogens is 1. The van der Waals surface area contributed by atoms with Gasteiger partial charge in [-0.3, -0.25) is 4.98 Å². The van der Waals surface area contributed by atoms with E-state index >= 15 is 0 Å². The number of ether oxygens (including phenoxy) is 1. The number of nitrogens with zero attached hydrogens (tertiary/aromatic N) is 3. The Hall–Kier alpha value is -3.85. The van der Waals surface area contributed by atoms with Crippen molar-refractivity contribution in [2.45, 2.75) is 0 Å². The van der Waals surface area contributed by atoms with Gasteiger partial charge in [0.15, 0.2) is 5.75 Å². The fourth-order valence-electron chi connectivity index (χ4n) is 2.48. The summed E-state index contributed by atoms with van der Waals surface area (Å²) in [5.41, 5.74) is 2.71. The van der Waals surface area contributed by atoms with Gasteiger partial charge in [-0.1, -0.05) is 18.2 Å². The maximum atomic E-state index is 9.40. The van der Waals surface area contributed by atoms with Gasteiger partial charge in [-0.2, -0.15) is 5.26 Å². The topological polar surface area (TPSA) is 86.6 Å². The van der Waals surface area contributed by atoms with Crippen LogP contribution in [0, 0.1) is 11.3 Å². The maximum Gasteiger partial charge on any atom is 0.205 e. The zero-order chi connectivity index (χ0) is 17.1. The summed E-state index contributed by atoms with van der Waals surface area (Å²) in [6.45, 7) is 0. The SMILES string of the molecule is N#Cc1ccc2[nH]c(Nc3ccccc3)nc2c1Oc1ccncc1. The molecular formula is C19H13N5O. The molecule has 0 radical (unpaired) electrons. The van der Waals surface area contributed by atoms with Crippen LogP contribution in [0.1, 0.15) is 5.56 Å². The molecule has 2 heterocycles. The Morgan fingerprint density at radius 3 is 2.56 bits per heavy atom. The van der Waals surface area contributed by atoms with Crippen molar-refractivity contribution in [1.29, 1.82) is 5.26 Å². The summed E-state index contributed by atoms with van der Waals surface area (Å²) in [5, 5.41) is 12.6. The van der Waals surface area contributed by atoms with Gasteiger partial charge in [0.25, 0.3) is 0 Å². The van der Waals surface area contributed by atoms with Crippen LogP contribution in [0.2, 0.25) is 0 Å². The van der Waals surface area contributed by atoms with Crippen LogP contribution in [-0.4, -0.2) is 15.0 Å². The predicted molar refractivity (Wildman–Crippen MR) is 94.8 cm³/mol. The standard InChI is InChI=1S/C19H13N5O/c20-12-13-6-7-16-17(18(13)25-15-8-10-21-11-9-15)24-19(23-16)22-14-4-2-1-3-5-14/h1-11H,(H2,22,23,24). The first-order valence-corrected chi connectivity index (χ1v) is 7.66. The summed E-state index contributed by atoms with van der Waals surface area (Å²) in [6.07, 6.45) is 3.27. The summed E-state index contributed by atoms with van der Waals surface area (Å²) in [7, 11) is 0. The number of anilines is 2. The van der Waals surface area contributed by atoms with Crippen molar-refractivity contribution in [3.8, 4) is 17.6 Å². The Labute approximate surface area is 143 Å². The van der Waals surface area contributed by atoms with Crippen LogP contribution < -0.4 is 10.1 Å². The van der Waals surface area contributed by atoms with Crippen molar-refractivity contribution in [2.75, 3.05) is 5.32 Å². The van der Waals surface area contributed by atoms with Crippen molar-refractivity contribution in [3.05, 3.63) is 72.6 Å². The Kier molecular flexibility index (Phi) is 3.73. The van der Waals surface area contributed by atoms with E-state index in [2.05, 4.69) is 26.3 Å². The smallest absolute Gasteiger partial charge is 0.205 e. The number of nitriles is 1. The molecule has 0 unspecified atom stereocenters. The van der Waals surface area contributed by atoms with Gasteiger partial charge in [0, 0.05) is 18.1 Å². The molecule has 0 aliphatic carbocycles. The van der Waals surface area contributed by atoms with Crippen LogP contribution in [0.15, 0.2) is 67.0 Å². The number of imidazole rings is 1. The lowest BCUT2D eigenvalue weighted by Crippen LogP contribution is -1.92. The fourth-order valence-corrected chi connectivity index (χ4v) is 2.48. The van der Waals surface area contributed by atoms with Crippen molar-refractivity contribution >= 4 is 22.7 Å². The lowest BCUT2D eigenvalue weighted by molar-refractivity contribution is 0.485. The molecule has 2 aromatic heterocycles. The molecule has 2 N–H and O–H groups in total. The van der Waals surface area contributed by atoms with E-state index in [1.165, 1.54) is 0 Å². The second kappa shape index (κ2) is 6.34. The minimum Gasteiger partial charge on any atom is -0.453 e. The molecule has 4 rings (SSSR count). The molecule has 0 atom stereocenters. The summed E-state index contributed by atoms with van der Waals surface area (Å²) in [6, 6.07) is 18.9. The quantitative estimate of drug-likeness (QED) is 0.581. The second-order valence-electron chi connectivity index (χ2n) is 5.31. The number of para-hydroxylation sites is 1. The maximum absolute atomic E-state index is 9.40. The molecular weight excluding hydrogens is 314 g/mol. The highest BCUT2D eigenvalue weighted by atomic mass is 16.5. The number of pyridine rings is 1. The van der Waals surface area contributed by atoms with Gasteiger partial charge in [0.05, 0.1) is 11.1 Å². The Bertz CT molecular complexity index is 1050. The first-order valence-electron chi connectivity index (χ1n) is 7.66. The van der Waals surface area contributed by atoms with Crippen LogP contribution in [0.25, 0.3) is 11.0 Å². The second-order valence-corrected chi connectivity index (χ2v) is 5.31. The largest absolute Gasteiger partial charge is 0.453 e. The van der Waals surface area contributed by atoms with E-state index < -0.39 is 0 Å². The number of aromatic nitrogens is 3. The zero-order valence-corrected chi connectivity index (χ0v) is 13.1. The van der Waals surface area contributed by atoms with Gasteiger partial charge in [0.1, 0.15) is 17.3 Å². The minimum absolute atomic E-state index is 0.419. The number of hydrogen-bond acceptors (Lipinski definition) is 5. The lowest BCUT2D eigenvalue weighted by atomic mass is 10.2. The summed E-state index contributed by atoms with van der Waals surface area (Å²) in [5.74, 6) is 1.60. The molecule has 0 fully saturated rings. The Balaban J connectivity index is 1.76. The Morgan fingerprint density at radius 2 is 1.80 bits per heavy atom. The molecule has 120 valence electrons. The van der Waals surface area contributed by atoms with E-state index in [1.54, 1.807) is 30.6 Å². The highest BCUT2D eigenvalue weighted by Crippen LogP contribution is 2.33. The van der Waals surface area contributed by atoms with Gasteiger partial charge in [-0.05, 0) is 36.4 Å². The van der Waals surface area contributed by atoms with Gasteiger partial charge in [-0.25, -0.2) is 4.98 Å². The third-order valence-electron chi connectivity index (χ3n) is 3.63. The molecule has 0 saturated heterocycles. The average Bonchev–Trinajstić information content (AvgIpc) is 3.06. The first kappa shape index (κ1) is 14.7. The third kappa shape index (κ3) is 2.99. The van der Waals surface area contributed by atoms with Gasteiger partial charge in [0.2, 0.25) is 5.95 Å². The third-order valence-corrected chi connectivity index (χ3v) is 3.63. The number of benzene rings is 2. The molecule has 25 heavy (non-hydrogen) atoms. The number of aromatic amines is 1. The molecule has 6 heteroatoms. The first-order chi connectivity index (χ1) is 12.3. The van der Waals surface area contributed by atoms with E-state index in [1.807, 2.05) is 36.4 Å². The van der Waals surface area contributed by atoms with Crippen molar-refractivity contribution in [1.82, 2.24) is 15.0 Å². The van der Waals surface area contributed by atoms with Crippen LogP contribution in [0.4, 0.5) is 11.6 Å². The van der Waals surface area contributed by atoms with Crippen LogP contribution >= 0.6 is 0 Å². The molecule has 0 amide bonds. The highest BCUT2D eigenvalue weighted by molar-refractivity contribution is 5.87. The van der Waals surface area contributed by atoms with E-state index in [0.717, 1.165) is 11.2 Å². The van der Waals surface area contributed by atoms with Gasteiger partial charge >= 0.3 is 0 Å². The molecule has 0 aliphatic rings. The minimum atomic E-state index is 0.419. The molecule has 0 aliphatic heterocycles. The number of fused-ring (bicyclic) bond motifs is 1. The number of rotatable bonds is 4. The van der Waals surface area contributed by atoms with Gasteiger partial charge in [-0.15, -0.1) is 0 Å². The lowest BCUT2D eigenvalue weighted by Gasteiger charge is -2.07. The molecule has 0 saturated carbocycles. The van der Waals surface area contributed by atoms with E-state index in [0.29, 0.717) is 28.5 Å².